The molecule has 0 amide bonds. The lowest BCUT2D eigenvalue weighted by Gasteiger charge is -2.73. The molecule has 9 heteroatoms. The molecule has 0 bridgehead atoms. The summed E-state index contributed by atoms with van der Waals surface area (Å²) in [5.74, 6) is 4.11. The second kappa shape index (κ2) is 14.1. The van der Waals surface area contributed by atoms with Crippen molar-refractivity contribution in [3.8, 4) is 0 Å². The van der Waals surface area contributed by atoms with Crippen LogP contribution in [0.2, 0.25) is 0 Å². The van der Waals surface area contributed by atoms with Crippen molar-refractivity contribution in [3.63, 3.8) is 0 Å². The minimum Gasteiger partial charge on any atom is -0.390 e. The minimum absolute atomic E-state index is 0.0911. The van der Waals surface area contributed by atoms with Gasteiger partial charge in [0, 0.05) is 6.54 Å². The highest BCUT2D eigenvalue weighted by Gasteiger charge is 2.70. The third-order valence-electron chi connectivity index (χ3n) is 17.5. The van der Waals surface area contributed by atoms with Crippen LogP contribution in [-0.2, 0) is 9.47 Å². The summed E-state index contributed by atoms with van der Waals surface area (Å²) in [7, 11) is 0. The summed E-state index contributed by atoms with van der Waals surface area (Å²) in [6.45, 7) is 17.7. The zero-order chi connectivity index (χ0) is 36.6. The van der Waals surface area contributed by atoms with Crippen molar-refractivity contribution < 1.29 is 40.1 Å². The average Bonchev–Trinajstić information content (AvgIpc) is 3.42. The van der Waals surface area contributed by atoms with Gasteiger partial charge in [0.25, 0.3) is 0 Å². The van der Waals surface area contributed by atoms with Gasteiger partial charge < -0.3 is 45.8 Å². The molecule has 6 fully saturated rings. The number of nitrogens with two attached hydrogens (primary N) is 1. The van der Waals surface area contributed by atoms with Crippen LogP contribution in [0.4, 0.5) is 0 Å². The van der Waals surface area contributed by atoms with Gasteiger partial charge in [-0.3, -0.25) is 0 Å². The van der Waals surface area contributed by atoms with Crippen molar-refractivity contribution in [2.24, 2.45) is 68.3 Å². The van der Waals surface area contributed by atoms with Gasteiger partial charge in [-0.2, -0.15) is 0 Å². The normalized spacial score (nSPS) is 51.0. The molecule has 50 heavy (non-hydrogen) atoms. The van der Waals surface area contributed by atoms with Crippen molar-refractivity contribution in [2.45, 2.75) is 181 Å². The maximum absolute atomic E-state index is 10.9. The van der Waals surface area contributed by atoms with Crippen LogP contribution in [-0.4, -0.2) is 92.8 Å². The first-order valence-corrected chi connectivity index (χ1v) is 20.4. The SMILES string of the molecule is C[C@H](CC[C@@H](O)[C@@H](O)[C@@H](O)CO[C@@H]1O[C@H](CN)[C@@H](O)[C@H](O)[C@H]1O)[C@H]1CC[C@]2(C)[C@H]3CC[C@@H]4[C@@]5(C)CCCC(C)(C)[C@@H]5CC[C@@]4(C)[C@]3(C)CC[C@@H]12. The summed E-state index contributed by atoms with van der Waals surface area (Å²) in [6, 6.07) is 0. The molecule has 0 aromatic carbocycles. The lowest BCUT2D eigenvalue weighted by molar-refractivity contribution is -0.300. The van der Waals surface area contributed by atoms with Crippen molar-refractivity contribution in [2.75, 3.05) is 13.2 Å². The zero-order valence-corrected chi connectivity index (χ0v) is 32.3. The first-order chi connectivity index (χ1) is 23.4. The molecule has 5 saturated carbocycles. The van der Waals surface area contributed by atoms with Gasteiger partial charge in [-0.15, -0.1) is 0 Å². The number of rotatable bonds is 10. The van der Waals surface area contributed by atoms with Crippen LogP contribution in [0, 0.1) is 62.6 Å². The Labute approximate surface area is 302 Å². The Balaban J connectivity index is 1.05. The summed E-state index contributed by atoms with van der Waals surface area (Å²) >= 11 is 0. The van der Waals surface area contributed by atoms with Gasteiger partial charge >= 0.3 is 0 Å². The molecule has 0 aromatic rings. The number of hydrogen-bond donors (Lipinski definition) is 7. The summed E-state index contributed by atoms with van der Waals surface area (Å²) in [5, 5.41) is 62.7. The Bertz CT molecular complexity index is 1190. The van der Waals surface area contributed by atoms with E-state index in [0.717, 1.165) is 24.2 Å². The van der Waals surface area contributed by atoms with Gasteiger partial charge in [0.05, 0.1) is 12.7 Å². The predicted octanol–water partition coefficient (Wildman–Crippen LogP) is 4.76. The van der Waals surface area contributed by atoms with Crippen LogP contribution in [0.5, 0.6) is 0 Å². The molecule has 290 valence electrons. The van der Waals surface area contributed by atoms with Crippen molar-refractivity contribution in [3.05, 3.63) is 0 Å². The van der Waals surface area contributed by atoms with Gasteiger partial charge in [-0.1, -0.05) is 54.9 Å². The van der Waals surface area contributed by atoms with Gasteiger partial charge in [-0.05, 0) is 140 Å². The Kier molecular flexibility index (Phi) is 11.1. The molecule has 0 radical (unpaired) electrons. The molecule has 0 unspecified atom stereocenters. The van der Waals surface area contributed by atoms with Gasteiger partial charge in [0.1, 0.15) is 36.6 Å². The number of fused-ring (bicyclic) bond motifs is 7. The Hall–Kier alpha value is -0.360. The van der Waals surface area contributed by atoms with Gasteiger partial charge in [-0.25, -0.2) is 0 Å². The van der Waals surface area contributed by atoms with Gasteiger partial charge in [0.2, 0.25) is 0 Å². The average molecular weight is 708 g/mol. The second-order valence-corrected chi connectivity index (χ2v) is 20.1. The van der Waals surface area contributed by atoms with E-state index < -0.39 is 55.6 Å². The highest BCUT2D eigenvalue weighted by atomic mass is 16.7. The molecule has 1 heterocycles. The summed E-state index contributed by atoms with van der Waals surface area (Å²) in [4.78, 5) is 0. The molecule has 6 aliphatic rings. The van der Waals surface area contributed by atoms with E-state index in [0.29, 0.717) is 51.2 Å². The van der Waals surface area contributed by atoms with E-state index >= 15 is 0 Å². The largest absolute Gasteiger partial charge is 0.390 e. The van der Waals surface area contributed by atoms with E-state index in [9.17, 15) is 30.6 Å². The van der Waals surface area contributed by atoms with Crippen molar-refractivity contribution >= 4 is 0 Å². The summed E-state index contributed by atoms with van der Waals surface area (Å²) in [6.07, 6.45) is 5.33. The fourth-order valence-electron chi connectivity index (χ4n) is 14.6. The molecule has 6 rings (SSSR count). The van der Waals surface area contributed by atoms with Crippen molar-refractivity contribution in [1.82, 2.24) is 0 Å². The van der Waals surface area contributed by atoms with Crippen molar-refractivity contribution in [1.29, 1.82) is 0 Å². The molecule has 1 aliphatic heterocycles. The molecule has 0 aromatic heterocycles. The first-order valence-electron chi connectivity index (χ1n) is 20.4. The van der Waals surface area contributed by atoms with Crippen LogP contribution in [0.25, 0.3) is 0 Å². The number of aliphatic hydroxyl groups excluding tert-OH is 6. The lowest BCUT2D eigenvalue weighted by Crippen LogP contribution is -2.65. The number of hydrogen-bond acceptors (Lipinski definition) is 9. The molecule has 18 atom stereocenters. The molecule has 5 aliphatic carbocycles. The molecule has 9 nitrogen and oxygen atoms in total. The molecular weight excluding hydrogens is 634 g/mol. The van der Waals surface area contributed by atoms with E-state index in [1.807, 2.05) is 0 Å². The van der Waals surface area contributed by atoms with Crippen LogP contribution in [0.15, 0.2) is 0 Å². The van der Waals surface area contributed by atoms with E-state index in [4.69, 9.17) is 15.2 Å². The highest BCUT2D eigenvalue weighted by Crippen LogP contribution is 2.78. The summed E-state index contributed by atoms with van der Waals surface area (Å²) < 4.78 is 10.9. The molecule has 0 spiro atoms. The fraction of sp³-hybridized carbons (Fsp3) is 1.00. The first kappa shape index (κ1) is 39.3. The number of ether oxygens (including phenoxy) is 2. The maximum atomic E-state index is 10.9. The highest BCUT2D eigenvalue weighted by molar-refractivity contribution is 5.19. The van der Waals surface area contributed by atoms with Crippen LogP contribution >= 0.6 is 0 Å². The predicted molar refractivity (Wildman–Crippen MR) is 193 cm³/mol. The van der Waals surface area contributed by atoms with Crippen LogP contribution in [0.1, 0.15) is 132 Å². The third-order valence-corrected chi connectivity index (χ3v) is 17.5. The maximum Gasteiger partial charge on any atom is 0.186 e. The number of aliphatic hydroxyl groups is 6. The van der Waals surface area contributed by atoms with Gasteiger partial charge in [0.15, 0.2) is 6.29 Å². The fourth-order valence-corrected chi connectivity index (χ4v) is 14.6. The topological polar surface area (TPSA) is 166 Å². The van der Waals surface area contributed by atoms with E-state index in [2.05, 4.69) is 48.5 Å². The molecular formula is C41H73NO8. The zero-order valence-electron chi connectivity index (χ0n) is 32.3. The Morgan fingerprint density at radius 1 is 0.700 bits per heavy atom. The summed E-state index contributed by atoms with van der Waals surface area (Å²) in [5.41, 5.74) is 7.62. The van der Waals surface area contributed by atoms with E-state index in [-0.39, 0.29) is 6.54 Å². The monoisotopic (exact) mass is 708 g/mol. The molecule has 8 N–H and O–H groups in total. The quantitative estimate of drug-likeness (QED) is 0.170. The standard InChI is InChI=1S/C41H73NO8/c1-23(9-10-26(43)32(45)27(44)22-49-36-35(48)34(47)33(46)28(21-42)50-36)24-13-18-38(4)25(24)14-19-40(6)30(38)11-12-31-39(5)17-8-16-37(2,3)29(39)15-20-41(31,40)7/h23-36,43-48H,8-22,42H2,1-7H3/t23-,24-,25+,26-,27+,28-,29+,30-,31-,32-,33-,34+,35-,36-,38+,39+,40-,41-/m1/s1. The van der Waals surface area contributed by atoms with Crippen LogP contribution in [0.3, 0.4) is 0 Å². The Morgan fingerprint density at radius 3 is 2.00 bits per heavy atom. The lowest BCUT2D eigenvalue weighted by atomic mass is 9.32. The van der Waals surface area contributed by atoms with E-state index in [1.54, 1.807) is 0 Å². The smallest absolute Gasteiger partial charge is 0.186 e. The third kappa shape index (κ3) is 6.17. The van der Waals surface area contributed by atoms with Crippen LogP contribution < -0.4 is 5.73 Å². The molecule has 1 saturated heterocycles. The Morgan fingerprint density at radius 2 is 1.34 bits per heavy atom. The minimum atomic E-state index is -1.54. The van der Waals surface area contributed by atoms with E-state index in [1.165, 1.54) is 70.6 Å². The second-order valence-electron chi connectivity index (χ2n) is 20.1.